The van der Waals surface area contributed by atoms with Crippen LogP contribution in [-0.2, 0) is 4.79 Å². The van der Waals surface area contributed by atoms with Gasteiger partial charge in [0.1, 0.15) is 0 Å². The van der Waals surface area contributed by atoms with Gasteiger partial charge in [-0.25, -0.2) is 9.78 Å². The first-order valence-corrected chi connectivity index (χ1v) is 6.32. The van der Waals surface area contributed by atoms with Crippen LogP contribution in [0.25, 0.3) is 21.9 Å². The number of amides is 1. The lowest BCUT2D eigenvalue weighted by atomic mass is 10.1. The van der Waals surface area contributed by atoms with Crippen molar-refractivity contribution in [3.05, 3.63) is 39.0 Å². The van der Waals surface area contributed by atoms with Crippen LogP contribution < -0.4 is 21.2 Å². The Bertz CT molecular complexity index is 1020. The van der Waals surface area contributed by atoms with Crippen LogP contribution in [0.1, 0.15) is 6.92 Å². The van der Waals surface area contributed by atoms with E-state index in [1.54, 1.807) is 18.2 Å². The van der Waals surface area contributed by atoms with Gasteiger partial charge in [-0.3, -0.25) is 19.9 Å². The van der Waals surface area contributed by atoms with Crippen LogP contribution in [-0.4, -0.2) is 23.0 Å². The number of hydrogen-bond donors (Lipinski definition) is 2. The average Bonchev–Trinajstić information content (AvgIpc) is 2.45. The molecule has 0 atom stereocenters. The van der Waals surface area contributed by atoms with Crippen molar-refractivity contribution >= 4 is 33.7 Å². The minimum Gasteiger partial charge on any atom is -0.493 e. The molecule has 1 aromatic carbocycles. The molecule has 0 unspecified atom stereocenters. The molecule has 0 aliphatic rings. The van der Waals surface area contributed by atoms with E-state index in [2.05, 4.69) is 15.3 Å². The Hall–Kier alpha value is -3.16. The summed E-state index contributed by atoms with van der Waals surface area (Å²) in [5.74, 6) is -0.0910. The Morgan fingerprint density at radius 1 is 1.36 bits per heavy atom. The first-order valence-electron chi connectivity index (χ1n) is 6.32. The molecule has 0 aliphatic carbocycles. The molecule has 2 heterocycles. The number of H-pyrrole nitrogens is 1. The summed E-state index contributed by atoms with van der Waals surface area (Å²) >= 11 is 0. The lowest BCUT2D eigenvalue weighted by Gasteiger charge is -2.07. The maximum absolute atomic E-state index is 12.1. The lowest BCUT2D eigenvalue weighted by molar-refractivity contribution is -0.114. The quantitative estimate of drug-likeness (QED) is 0.539. The summed E-state index contributed by atoms with van der Waals surface area (Å²) in [6, 6.07) is 4.95. The number of benzene rings is 1. The van der Waals surface area contributed by atoms with E-state index in [9.17, 15) is 14.4 Å². The molecule has 22 heavy (non-hydrogen) atoms. The number of fused-ring (bicyclic) bond motifs is 3. The Morgan fingerprint density at radius 3 is 2.82 bits per heavy atom. The van der Waals surface area contributed by atoms with Gasteiger partial charge in [0.05, 0.1) is 12.6 Å². The summed E-state index contributed by atoms with van der Waals surface area (Å²) in [5, 5.41) is 2.60. The number of anilines is 1. The maximum Gasteiger partial charge on any atom is 0.351 e. The molecule has 0 aliphatic heterocycles. The molecule has 3 rings (SSSR count). The van der Waals surface area contributed by atoms with Crippen LogP contribution in [0, 0.1) is 0 Å². The number of ether oxygens (including phenoxy) is 1. The Kier molecular flexibility index (Phi) is 3.13. The van der Waals surface area contributed by atoms with Gasteiger partial charge in [0.25, 0.3) is 5.56 Å². The average molecular weight is 301 g/mol. The van der Waals surface area contributed by atoms with Crippen LogP contribution in [0.15, 0.2) is 32.2 Å². The minimum absolute atomic E-state index is 0.0419. The summed E-state index contributed by atoms with van der Waals surface area (Å²) in [7, 11) is 1.44. The number of rotatable bonds is 2. The van der Waals surface area contributed by atoms with Crippen molar-refractivity contribution in [2.75, 3.05) is 12.4 Å². The molecule has 3 aromatic rings. The topological polar surface area (TPSA) is 114 Å². The summed E-state index contributed by atoms with van der Waals surface area (Å²) in [6.07, 6.45) is 0. The molecular formula is C14H11N3O5. The second-order valence-electron chi connectivity index (χ2n) is 4.55. The smallest absolute Gasteiger partial charge is 0.351 e. The molecule has 0 fully saturated rings. The fourth-order valence-corrected chi connectivity index (χ4v) is 2.20. The number of nitrogens with one attached hydrogen (secondary N) is 2. The van der Waals surface area contributed by atoms with E-state index in [1.165, 1.54) is 14.0 Å². The third-order valence-corrected chi connectivity index (χ3v) is 3.07. The molecule has 0 radical (unpaired) electrons. The normalized spacial score (nSPS) is 10.8. The highest BCUT2D eigenvalue weighted by atomic mass is 16.5. The zero-order chi connectivity index (χ0) is 15.9. The highest BCUT2D eigenvalue weighted by molar-refractivity contribution is 6.03. The highest BCUT2D eigenvalue weighted by Gasteiger charge is 2.16. The molecule has 8 nitrogen and oxygen atoms in total. The van der Waals surface area contributed by atoms with Crippen molar-refractivity contribution in [3.8, 4) is 5.75 Å². The zero-order valence-corrected chi connectivity index (χ0v) is 11.7. The molecule has 0 saturated heterocycles. The van der Waals surface area contributed by atoms with Crippen molar-refractivity contribution in [1.29, 1.82) is 0 Å². The van der Waals surface area contributed by atoms with Gasteiger partial charge in [-0.15, -0.1) is 0 Å². The fourth-order valence-electron chi connectivity index (χ4n) is 2.20. The Labute approximate surface area is 122 Å². The van der Waals surface area contributed by atoms with E-state index in [-0.39, 0.29) is 22.4 Å². The molecule has 8 heteroatoms. The summed E-state index contributed by atoms with van der Waals surface area (Å²) in [5.41, 5.74) is -1.19. The van der Waals surface area contributed by atoms with Crippen molar-refractivity contribution in [1.82, 2.24) is 9.97 Å². The minimum atomic E-state index is -0.824. The van der Waals surface area contributed by atoms with E-state index < -0.39 is 17.1 Å². The van der Waals surface area contributed by atoms with Gasteiger partial charge in [0.2, 0.25) is 11.9 Å². The molecule has 0 saturated carbocycles. The van der Waals surface area contributed by atoms with Crippen molar-refractivity contribution in [2.45, 2.75) is 6.92 Å². The van der Waals surface area contributed by atoms with E-state index in [1.807, 2.05) is 0 Å². The number of carbonyl (C=O) groups is 1. The van der Waals surface area contributed by atoms with Gasteiger partial charge in [0.15, 0.2) is 16.7 Å². The zero-order valence-electron chi connectivity index (χ0n) is 11.7. The summed E-state index contributed by atoms with van der Waals surface area (Å²) in [6.45, 7) is 1.28. The number of carbonyl (C=O) groups excluding carboxylic acids is 1. The first kappa shape index (κ1) is 13.8. The standard InChI is InChI=1S/C14H11N3O5/c1-6(18)15-14-16-10-7-4-3-5-8(21-2)11(7)22-13(20)9(10)12(19)17-14/h3-5H,1-2H3,(H2,15,16,17,18,19). The van der Waals surface area contributed by atoms with Crippen LogP contribution in [0.2, 0.25) is 0 Å². The van der Waals surface area contributed by atoms with Gasteiger partial charge in [-0.05, 0) is 12.1 Å². The lowest BCUT2D eigenvalue weighted by Crippen LogP contribution is -2.20. The SMILES string of the molecule is COc1cccc2c1oc(=O)c1c(=O)[nH]c(NC(C)=O)nc12. The fraction of sp³-hybridized carbons (Fsp3) is 0.143. The van der Waals surface area contributed by atoms with Gasteiger partial charge in [-0.2, -0.15) is 0 Å². The third kappa shape index (κ3) is 2.10. The Morgan fingerprint density at radius 2 is 2.14 bits per heavy atom. The van der Waals surface area contributed by atoms with Gasteiger partial charge in [0, 0.05) is 12.3 Å². The van der Waals surface area contributed by atoms with Crippen LogP contribution in [0.5, 0.6) is 5.75 Å². The van der Waals surface area contributed by atoms with E-state index in [4.69, 9.17) is 9.15 Å². The number of nitrogens with zero attached hydrogens (tertiary/aromatic N) is 1. The number of para-hydroxylation sites is 1. The van der Waals surface area contributed by atoms with Gasteiger partial charge in [-0.1, -0.05) is 6.07 Å². The van der Waals surface area contributed by atoms with E-state index >= 15 is 0 Å². The predicted molar refractivity (Wildman–Crippen MR) is 79.3 cm³/mol. The third-order valence-electron chi connectivity index (χ3n) is 3.07. The molecule has 2 N–H and O–H groups in total. The number of methoxy groups -OCH3 is 1. The Balaban J connectivity index is 2.49. The largest absolute Gasteiger partial charge is 0.493 e. The summed E-state index contributed by atoms with van der Waals surface area (Å²) in [4.78, 5) is 41.7. The second-order valence-corrected chi connectivity index (χ2v) is 4.55. The van der Waals surface area contributed by atoms with Crippen molar-refractivity contribution < 1.29 is 13.9 Å². The second kappa shape index (κ2) is 4.99. The van der Waals surface area contributed by atoms with Crippen LogP contribution in [0.3, 0.4) is 0 Å². The molecule has 0 spiro atoms. The predicted octanol–water partition coefficient (Wildman–Crippen LogP) is 0.996. The molecular weight excluding hydrogens is 290 g/mol. The summed E-state index contributed by atoms with van der Waals surface area (Å²) < 4.78 is 10.3. The number of aromatic amines is 1. The van der Waals surface area contributed by atoms with Crippen LogP contribution >= 0.6 is 0 Å². The van der Waals surface area contributed by atoms with E-state index in [0.717, 1.165) is 0 Å². The number of hydrogen-bond acceptors (Lipinski definition) is 6. The van der Waals surface area contributed by atoms with Crippen LogP contribution in [0.4, 0.5) is 5.95 Å². The molecule has 0 bridgehead atoms. The number of aromatic nitrogens is 2. The monoisotopic (exact) mass is 301 g/mol. The molecule has 1 amide bonds. The first-order chi connectivity index (χ1) is 10.5. The molecule has 2 aromatic heterocycles. The molecule has 112 valence electrons. The van der Waals surface area contributed by atoms with Gasteiger partial charge >= 0.3 is 5.63 Å². The van der Waals surface area contributed by atoms with Crippen molar-refractivity contribution in [2.24, 2.45) is 0 Å². The van der Waals surface area contributed by atoms with Crippen molar-refractivity contribution in [3.63, 3.8) is 0 Å². The highest BCUT2D eigenvalue weighted by Crippen LogP contribution is 2.27. The maximum atomic E-state index is 12.1. The van der Waals surface area contributed by atoms with Gasteiger partial charge < -0.3 is 9.15 Å². The van der Waals surface area contributed by atoms with E-state index in [0.29, 0.717) is 11.1 Å².